The van der Waals surface area contributed by atoms with Crippen LogP contribution in [-0.4, -0.2) is 63.7 Å². The minimum absolute atomic E-state index is 0.0235. The van der Waals surface area contributed by atoms with Crippen molar-refractivity contribution in [2.45, 2.75) is 18.4 Å². The molecule has 0 radical (unpaired) electrons. The van der Waals surface area contributed by atoms with Crippen LogP contribution >= 0.6 is 0 Å². The van der Waals surface area contributed by atoms with Crippen molar-refractivity contribution in [1.82, 2.24) is 19.4 Å². The minimum Gasteiger partial charge on any atom is -0.369 e. The third-order valence-electron chi connectivity index (χ3n) is 5.13. The fraction of sp³-hybridized carbons (Fsp3) is 0.500. The zero-order chi connectivity index (χ0) is 18.1. The second-order valence-corrected chi connectivity index (χ2v) is 6.99. The van der Waals surface area contributed by atoms with E-state index in [0.29, 0.717) is 37.9 Å². The summed E-state index contributed by atoms with van der Waals surface area (Å²) in [7, 11) is 1.87. The Morgan fingerprint density at radius 1 is 1.27 bits per heavy atom. The molecule has 1 unspecified atom stereocenters. The molecule has 2 aromatic rings. The van der Waals surface area contributed by atoms with Gasteiger partial charge in [-0.2, -0.15) is 0 Å². The maximum atomic E-state index is 13.1. The van der Waals surface area contributed by atoms with Gasteiger partial charge in [-0.1, -0.05) is 0 Å². The average Bonchev–Trinajstić information content (AvgIpc) is 3.08. The molecule has 1 spiro atoms. The average molecular weight is 359 g/mol. The molecule has 0 bridgehead atoms. The maximum Gasteiger partial charge on any atom is 0.270 e. The lowest BCUT2D eigenvalue weighted by molar-refractivity contribution is -0.105. The van der Waals surface area contributed by atoms with E-state index in [1.165, 1.54) is 12.4 Å². The maximum absolute atomic E-state index is 13.1. The predicted molar refractivity (Wildman–Crippen MR) is 93.4 cm³/mol. The summed E-state index contributed by atoms with van der Waals surface area (Å²) in [5, 5.41) is 0. The Bertz CT molecular complexity index is 789. The zero-order valence-electron chi connectivity index (χ0n) is 14.8. The fourth-order valence-corrected chi connectivity index (χ4v) is 3.85. The number of aryl methyl sites for hydroxylation is 1. The molecule has 1 amide bonds. The van der Waals surface area contributed by atoms with Crippen LogP contribution in [-0.2, 0) is 11.8 Å². The van der Waals surface area contributed by atoms with Crippen molar-refractivity contribution in [2.75, 3.05) is 37.7 Å². The Morgan fingerprint density at radius 3 is 2.81 bits per heavy atom. The second-order valence-electron chi connectivity index (χ2n) is 6.99. The first-order chi connectivity index (χ1) is 12.6. The van der Waals surface area contributed by atoms with Crippen LogP contribution in [0.2, 0.25) is 0 Å². The molecule has 2 saturated heterocycles. The number of carbonyl (C=O) groups excluding carboxylic acids is 1. The van der Waals surface area contributed by atoms with Gasteiger partial charge in [-0.25, -0.2) is 14.4 Å². The highest BCUT2D eigenvalue weighted by atomic mass is 19.1. The molecule has 4 heterocycles. The third-order valence-corrected chi connectivity index (χ3v) is 5.13. The molecule has 4 rings (SSSR count). The Hall–Kier alpha value is -2.48. The van der Waals surface area contributed by atoms with E-state index in [1.807, 2.05) is 39.7 Å². The lowest BCUT2D eigenvalue weighted by Crippen LogP contribution is -2.61. The van der Waals surface area contributed by atoms with Gasteiger partial charge in [0.2, 0.25) is 5.95 Å². The van der Waals surface area contributed by atoms with Gasteiger partial charge in [-0.05, 0) is 25.0 Å². The summed E-state index contributed by atoms with van der Waals surface area (Å²) in [5.41, 5.74) is 0.242. The number of piperidine rings is 1. The van der Waals surface area contributed by atoms with Crippen molar-refractivity contribution in [1.29, 1.82) is 0 Å². The highest BCUT2D eigenvalue weighted by Gasteiger charge is 2.42. The Labute approximate surface area is 151 Å². The van der Waals surface area contributed by atoms with Crippen LogP contribution in [0, 0.1) is 5.82 Å². The van der Waals surface area contributed by atoms with Gasteiger partial charge in [0.25, 0.3) is 5.91 Å². The van der Waals surface area contributed by atoms with Crippen LogP contribution in [0.25, 0.3) is 0 Å². The second kappa shape index (κ2) is 6.68. The van der Waals surface area contributed by atoms with E-state index in [4.69, 9.17) is 4.74 Å². The van der Waals surface area contributed by atoms with Crippen molar-refractivity contribution >= 4 is 11.9 Å². The lowest BCUT2D eigenvalue weighted by Gasteiger charge is -2.48. The van der Waals surface area contributed by atoms with Crippen LogP contribution in [0.4, 0.5) is 10.3 Å². The van der Waals surface area contributed by atoms with E-state index >= 15 is 0 Å². The van der Waals surface area contributed by atoms with Crippen molar-refractivity contribution in [3.05, 3.63) is 42.2 Å². The Kier molecular flexibility index (Phi) is 4.36. The third kappa shape index (κ3) is 3.16. The fourth-order valence-electron chi connectivity index (χ4n) is 3.85. The molecule has 2 aliphatic rings. The van der Waals surface area contributed by atoms with E-state index in [2.05, 4.69) is 9.97 Å². The standard InChI is InChI=1S/C18H22FN5O2/c1-22-6-2-4-15(22)16(25)23-8-9-26-18(12-23)5-3-7-24(13-18)17-20-10-14(19)11-21-17/h2,4,6,10-11H,3,5,7-9,12-13H2,1H3. The van der Waals surface area contributed by atoms with E-state index in [1.54, 1.807) is 0 Å². The van der Waals surface area contributed by atoms with Gasteiger partial charge in [-0.3, -0.25) is 4.79 Å². The number of halogens is 1. The molecule has 7 nitrogen and oxygen atoms in total. The van der Waals surface area contributed by atoms with Crippen LogP contribution in [0.15, 0.2) is 30.7 Å². The highest BCUT2D eigenvalue weighted by molar-refractivity contribution is 5.92. The number of carbonyl (C=O) groups is 1. The number of nitrogens with zero attached hydrogens (tertiary/aromatic N) is 5. The number of morpholine rings is 1. The first kappa shape index (κ1) is 17.0. The molecule has 26 heavy (non-hydrogen) atoms. The van der Waals surface area contributed by atoms with Crippen LogP contribution in [0.5, 0.6) is 0 Å². The van der Waals surface area contributed by atoms with Gasteiger partial charge in [0.15, 0.2) is 5.82 Å². The number of ether oxygens (including phenoxy) is 1. The molecule has 138 valence electrons. The Balaban J connectivity index is 1.51. The van der Waals surface area contributed by atoms with Gasteiger partial charge in [0.1, 0.15) is 11.3 Å². The van der Waals surface area contributed by atoms with Crippen molar-refractivity contribution < 1.29 is 13.9 Å². The molecular formula is C18H22FN5O2. The first-order valence-electron chi connectivity index (χ1n) is 8.83. The summed E-state index contributed by atoms with van der Waals surface area (Å²) < 4.78 is 21.1. The molecule has 0 aliphatic carbocycles. The quantitative estimate of drug-likeness (QED) is 0.812. The summed E-state index contributed by atoms with van der Waals surface area (Å²) in [6.45, 7) is 3.01. The number of hydrogen-bond acceptors (Lipinski definition) is 5. The van der Waals surface area contributed by atoms with E-state index in [9.17, 15) is 9.18 Å². The number of amides is 1. The van der Waals surface area contributed by atoms with Gasteiger partial charge < -0.3 is 19.1 Å². The van der Waals surface area contributed by atoms with Gasteiger partial charge in [0, 0.05) is 26.3 Å². The molecule has 0 aromatic carbocycles. The monoisotopic (exact) mass is 359 g/mol. The topological polar surface area (TPSA) is 63.5 Å². The summed E-state index contributed by atoms with van der Waals surface area (Å²) in [4.78, 5) is 24.9. The number of aromatic nitrogens is 3. The number of rotatable bonds is 2. The highest BCUT2D eigenvalue weighted by Crippen LogP contribution is 2.31. The molecule has 2 aliphatic heterocycles. The predicted octanol–water partition coefficient (Wildman–Crippen LogP) is 1.47. The molecule has 8 heteroatoms. The SMILES string of the molecule is Cn1cccc1C(=O)N1CCOC2(CCCN(c3ncc(F)cn3)C2)C1. The largest absolute Gasteiger partial charge is 0.369 e. The molecular weight excluding hydrogens is 337 g/mol. The summed E-state index contributed by atoms with van der Waals surface area (Å²) >= 11 is 0. The van der Waals surface area contributed by atoms with Gasteiger partial charge >= 0.3 is 0 Å². The van der Waals surface area contributed by atoms with E-state index in [-0.39, 0.29) is 5.91 Å². The molecule has 0 N–H and O–H groups in total. The van der Waals surface area contributed by atoms with Crippen molar-refractivity contribution in [2.24, 2.45) is 7.05 Å². The summed E-state index contributed by atoms with van der Waals surface area (Å²) in [6.07, 6.45) is 6.01. The van der Waals surface area contributed by atoms with Crippen LogP contribution in [0.1, 0.15) is 23.3 Å². The van der Waals surface area contributed by atoms with Crippen LogP contribution in [0.3, 0.4) is 0 Å². The van der Waals surface area contributed by atoms with Gasteiger partial charge in [-0.15, -0.1) is 0 Å². The summed E-state index contributed by atoms with van der Waals surface area (Å²) in [6, 6.07) is 3.71. The van der Waals surface area contributed by atoms with Crippen LogP contribution < -0.4 is 4.90 Å². The number of hydrogen-bond donors (Lipinski definition) is 0. The first-order valence-corrected chi connectivity index (χ1v) is 8.83. The van der Waals surface area contributed by atoms with Gasteiger partial charge in [0.05, 0.1) is 32.1 Å². The van der Waals surface area contributed by atoms with E-state index < -0.39 is 11.4 Å². The smallest absolute Gasteiger partial charge is 0.270 e. The number of anilines is 1. The summed E-state index contributed by atoms with van der Waals surface area (Å²) in [5.74, 6) is 0.0732. The minimum atomic E-state index is -0.450. The lowest BCUT2D eigenvalue weighted by atomic mass is 9.90. The van der Waals surface area contributed by atoms with Crippen molar-refractivity contribution in [3.8, 4) is 0 Å². The molecule has 1 atom stereocenters. The molecule has 2 fully saturated rings. The normalized spacial score (nSPS) is 23.5. The molecule has 0 saturated carbocycles. The van der Waals surface area contributed by atoms with E-state index in [0.717, 1.165) is 19.4 Å². The molecule has 2 aromatic heterocycles. The Morgan fingerprint density at radius 2 is 2.08 bits per heavy atom. The van der Waals surface area contributed by atoms with Crippen molar-refractivity contribution in [3.63, 3.8) is 0 Å². The zero-order valence-corrected chi connectivity index (χ0v) is 14.8.